The van der Waals surface area contributed by atoms with Crippen molar-refractivity contribution >= 4 is 17.9 Å². The van der Waals surface area contributed by atoms with Crippen molar-refractivity contribution in [2.45, 2.75) is 51.2 Å². The van der Waals surface area contributed by atoms with Gasteiger partial charge in [-0.05, 0) is 31.9 Å². The largest absolute Gasteiger partial charge is 0.396 e. The van der Waals surface area contributed by atoms with Crippen molar-refractivity contribution in [2.24, 2.45) is 24.8 Å². The number of nitrogens with zero attached hydrogens (tertiary/aromatic N) is 4. The predicted molar refractivity (Wildman–Crippen MR) is 130 cm³/mol. The molecule has 2 aromatic rings. The van der Waals surface area contributed by atoms with Crippen LogP contribution in [0.25, 0.3) is 6.08 Å². The van der Waals surface area contributed by atoms with Crippen molar-refractivity contribution < 1.29 is 14.7 Å². The molecule has 186 valence electrons. The van der Waals surface area contributed by atoms with E-state index in [-0.39, 0.29) is 41.9 Å². The molecule has 1 saturated carbocycles. The number of likely N-dealkylation sites (tertiary alicyclic amines) is 1. The van der Waals surface area contributed by atoms with Gasteiger partial charge in [0.2, 0.25) is 11.8 Å². The number of aliphatic hydroxyl groups is 1. The molecule has 0 bridgehead atoms. The van der Waals surface area contributed by atoms with Crippen molar-refractivity contribution in [1.29, 1.82) is 0 Å². The van der Waals surface area contributed by atoms with Crippen LogP contribution in [0.3, 0.4) is 0 Å². The molecule has 0 radical (unpaired) electrons. The van der Waals surface area contributed by atoms with Crippen molar-refractivity contribution in [3.63, 3.8) is 0 Å². The van der Waals surface area contributed by atoms with E-state index in [4.69, 9.17) is 0 Å². The molecule has 9 heteroatoms. The summed E-state index contributed by atoms with van der Waals surface area (Å²) in [4.78, 5) is 46.3. The highest BCUT2D eigenvalue weighted by Gasteiger charge is 2.58. The summed E-state index contributed by atoms with van der Waals surface area (Å²) in [6.07, 6.45) is 10.5. The molecular weight excluding hydrogens is 446 g/mol. The normalized spacial score (nSPS) is 25.5. The molecule has 3 aliphatic rings. The third-order valence-corrected chi connectivity index (χ3v) is 7.87. The molecule has 2 amide bonds. The van der Waals surface area contributed by atoms with Crippen molar-refractivity contribution in [2.75, 3.05) is 13.2 Å². The first-order chi connectivity index (χ1) is 16.9. The highest BCUT2D eigenvalue weighted by Crippen LogP contribution is 2.50. The van der Waals surface area contributed by atoms with Gasteiger partial charge in [0, 0.05) is 68.4 Å². The second-order valence-corrected chi connectivity index (χ2v) is 9.97. The molecule has 4 heterocycles. The lowest BCUT2D eigenvalue weighted by Gasteiger charge is -2.36. The van der Waals surface area contributed by atoms with Gasteiger partial charge in [-0.1, -0.05) is 18.6 Å². The van der Waals surface area contributed by atoms with Gasteiger partial charge in [0.15, 0.2) is 0 Å². The smallest absolute Gasteiger partial charge is 0.258 e. The lowest BCUT2D eigenvalue weighted by molar-refractivity contribution is -0.147. The zero-order chi connectivity index (χ0) is 24.7. The van der Waals surface area contributed by atoms with Gasteiger partial charge in [0.25, 0.3) is 5.56 Å². The van der Waals surface area contributed by atoms with Crippen LogP contribution in [-0.2, 0) is 29.6 Å². The van der Waals surface area contributed by atoms with Crippen LogP contribution in [0.1, 0.15) is 49.2 Å². The van der Waals surface area contributed by atoms with Crippen molar-refractivity contribution in [3.8, 4) is 0 Å². The number of hydrogen-bond acceptors (Lipinski definition) is 5. The van der Waals surface area contributed by atoms with E-state index >= 15 is 0 Å². The van der Waals surface area contributed by atoms with E-state index in [2.05, 4.69) is 10.3 Å². The van der Waals surface area contributed by atoms with Crippen molar-refractivity contribution in [3.05, 3.63) is 58.0 Å². The molecule has 5 rings (SSSR count). The molecular formula is C26H33N5O4. The Kier molecular flexibility index (Phi) is 6.35. The zero-order valence-electron chi connectivity index (χ0n) is 20.3. The van der Waals surface area contributed by atoms with E-state index in [0.717, 1.165) is 30.7 Å². The summed E-state index contributed by atoms with van der Waals surface area (Å²) < 4.78 is 3.58. The monoisotopic (exact) mass is 479 g/mol. The van der Waals surface area contributed by atoms with Gasteiger partial charge in [0.1, 0.15) is 6.04 Å². The van der Waals surface area contributed by atoms with E-state index in [1.807, 2.05) is 36.9 Å². The molecule has 2 aliphatic heterocycles. The lowest BCUT2D eigenvalue weighted by Crippen LogP contribution is -2.52. The van der Waals surface area contributed by atoms with E-state index in [0.29, 0.717) is 25.1 Å². The van der Waals surface area contributed by atoms with Gasteiger partial charge >= 0.3 is 0 Å². The number of aryl methyl sites for hydroxylation is 1. The number of nitrogens with one attached hydrogen (secondary N) is 1. The Hall–Kier alpha value is -3.20. The second-order valence-electron chi connectivity index (χ2n) is 9.97. The highest BCUT2D eigenvalue weighted by molar-refractivity contribution is 5.90. The number of fused-ring (bicyclic) bond motifs is 3. The summed E-state index contributed by atoms with van der Waals surface area (Å²) in [5, 5.41) is 13.4. The van der Waals surface area contributed by atoms with Gasteiger partial charge < -0.3 is 24.5 Å². The van der Waals surface area contributed by atoms with Crippen LogP contribution in [-0.4, -0.2) is 55.1 Å². The number of pyridine rings is 1. The Morgan fingerprint density at radius 2 is 2.09 bits per heavy atom. The van der Waals surface area contributed by atoms with E-state index in [1.54, 1.807) is 27.9 Å². The predicted octanol–water partition coefficient (Wildman–Crippen LogP) is 1.26. The standard InChI is InChI=1S/C26H33N5O4/c1-3-5-16-8-9-21-22-19(13-30(21)25(16)34)20(14-32)23(31(22)26(35)17-6-4-7-17)24(33)27-11-10-18-12-29(2)15-28-18/h3,5,8-9,12,15,17,19-20,22-23,32H,4,6-7,10-11,13-14H2,1-2H3,(H,27,33)/t19-,20-,22+,23-/m1/s1. The minimum Gasteiger partial charge on any atom is -0.396 e. The average Bonchev–Trinajstić information content (AvgIpc) is 3.47. The average molecular weight is 480 g/mol. The number of imidazole rings is 1. The van der Waals surface area contributed by atoms with E-state index < -0.39 is 12.0 Å². The van der Waals surface area contributed by atoms with Gasteiger partial charge in [0.05, 0.1) is 18.1 Å². The molecule has 0 spiro atoms. The number of carbonyl (C=O) groups excluding carboxylic acids is 2. The molecule has 4 atom stereocenters. The summed E-state index contributed by atoms with van der Waals surface area (Å²) in [5.74, 6) is -1.01. The van der Waals surface area contributed by atoms with Crippen LogP contribution in [0.15, 0.2) is 35.5 Å². The van der Waals surface area contributed by atoms with Gasteiger partial charge in [-0.3, -0.25) is 14.4 Å². The fraction of sp³-hybridized carbons (Fsp3) is 0.538. The Morgan fingerprint density at radius 1 is 1.29 bits per heavy atom. The number of aliphatic hydroxyl groups excluding tert-OH is 1. The van der Waals surface area contributed by atoms with Crippen molar-refractivity contribution in [1.82, 2.24) is 24.3 Å². The Bertz CT molecular complexity index is 1210. The molecule has 1 saturated heterocycles. The number of aromatic nitrogens is 3. The maximum absolute atomic E-state index is 13.7. The first-order valence-corrected chi connectivity index (χ1v) is 12.5. The van der Waals surface area contributed by atoms with Crippen LogP contribution in [0, 0.1) is 17.8 Å². The van der Waals surface area contributed by atoms with Crippen LogP contribution >= 0.6 is 0 Å². The zero-order valence-corrected chi connectivity index (χ0v) is 20.3. The second kappa shape index (κ2) is 9.45. The minimum atomic E-state index is -0.758. The molecule has 35 heavy (non-hydrogen) atoms. The van der Waals surface area contributed by atoms with Gasteiger partial charge in [-0.15, -0.1) is 0 Å². The SMILES string of the molecule is CC=Cc1ccc2n(c1=O)C[C@@H]1[C@@H](CO)[C@H](C(=O)NCCc3cn(C)cn3)N(C(=O)C3CCC3)[C@H]21. The third-order valence-electron chi connectivity index (χ3n) is 7.87. The number of hydrogen-bond donors (Lipinski definition) is 2. The van der Waals surface area contributed by atoms with E-state index in [9.17, 15) is 19.5 Å². The highest BCUT2D eigenvalue weighted by atomic mass is 16.3. The summed E-state index contributed by atoms with van der Waals surface area (Å²) >= 11 is 0. The van der Waals surface area contributed by atoms with Crippen LogP contribution in [0.2, 0.25) is 0 Å². The fourth-order valence-corrected chi connectivity index (χ4v) is 5.93. The maximum Gasteiger partial charge on any atom is 0.258 e. The Balaban J connectivity index is 1.45. The van der Waals surface area contributed by atoms with Crippen LogP contribution < -0.4 is 10.9 Å². The number of rotatable bonds is 7. The third kappa shape index (κ3) is 4.01. The summed E-state index contributed by atoms with van der Waals surface area (Å²) in [6.45, 7) is 2.43. The topological polar surface area (TPSA) is 109 Å². The summed E-state index contributed by atoms with van der Waals surface area (Å²) in [7, 11) is 1.90. The first-order valence-electron chi connectivity index (χ1n) is 12.5. The van der Waals surface area contributed by atoms with Crippen LogP contribution in [0.4, 0.5) is 0 Å². The first kappa shape index (κ1) is 23.5. The molecule has 0 aromatic carbocycles. The van der Waals surface area contributed by atoms with Crippen LogP contribution in [0.5, 0.6) is 0 Å². The fourth-order valence-electron chi connectivity index (χ4n) is 5.93. The molecule has 9 nitrogen and oxygen atoms in total. The molecule has 2 aromatic heterocycles. The van der Waals surface area contributed by atoms with Gasteiger partial charge in [-0.25, -0.2) is 4.98 Å². The molecule has 2 fully saturated rings. The quantitative estimate of drug-likeness (QED) is 0.622. The lowest BCUT2D eigenvalue weighted by atomic mass is 9.84. The summed E-state index contributed by atoms with van der Waals surface area (Å²) in [5.41, 5.74) is 2.13. The summed E-state index contributed by atoms with van der Waals surface area (Å²) in [6, 6.07) is 2.54. The molecule has 1 aliphatic carbocycles. The molecule has 2 N–H and O–H groups in total. The Labute approximate surface area is 204 Å². The molecule has 0 unspecified atom stereocenters. The maximum atomic E-state index is 13.7. The van der Waals surface area contributed by atoms with Gasteiger partial charge in [-0.2, -0.15) is 0 Å². The number of amides is 2. The Morgan fingerprint density at radius 3 is 2.71 bits per heavy atom. The van der Waals surface area contributed by atoms with E-state index in [1.165, 1.54) is 0 Å². The number of carbonyl (C=O) groups is 2. The minimum absolute atomic E-state index is 0.0366. The number of allylic oxidation sites excluding steroid dienone is 1.